The van der Waals surface area contributed by atoms with E-state index in [0.29, 0.717) is 17.9 Å². The van der Waals surface area contributed by atoms with Crippen molar-refractivity contribution in [3.8, 4) is 0 Å². The number of aryl methyl sites for hydroxylation is 2. The lowest BCUT2D eigenvalue weighted by Crippen LogP contribution is -2.53. The Balaban J connectivity index is 1.99. The highest BCUT2D eigenvalue weighted by atomic mass is 16.4. The second kappa shape index (κ2) is 9.92. The van der Waals surface area contributed by atoms with Crippen molar-refractivity contribution >= 4 is 11.9 Å². The van der Waals surface area contributed by atoms with Crippen molar-refractivity contribution in [1.29, 1.82) is 0 Å². The van der Waals surface area contributed by atoms with Gasteiger partial charge in [0.25, 0.3) is 5.91 Å². The zero-order valence-corrected chi connectivity index (χ0v) is 18.3. The van der Waals surface area contributed by atoms with E-state index < -0.39 is 12.0 Å². The lowest BCUT2D eigenvalue weighted by molar-refractivity contribution is -0.143. The number of carbonyl (C=O) groups is 2. The van der Waals surface area contributed by atoms with Crippen molar-refractivity contribution in [2.24, 2.45) is 5.92 Å². The summed E-state index contributed by atoms with van der Waals surface area (Å²) < 4.78 is 0. The Kier molecular flexibility index (Phi) is 7.30. The molecule has 1 aliphatic carbocycles. The van der Waals surface area contributed by atoms with Gasteiger partial charge in [0.05, 0.1) is 0 Å². The maximum absolute atomic E-state index is 13.7. The fourth-order valence-electron chi connectivity index (χ4n) is 4.84. The van der Waals surface area contributed by atoms with E-state index in [4.69, 9.17) is 0 Å². The van der Waals surface area contributed by atoms with Gasteiger partial charge >= 0.3 is 5.97 Å². The highest BCUT2D eigenvalue weighted by Gasteiger charge is 2.37. The summed E-state index contributed by atoms with van der Waals surface area (Å²) in [4.78, 5) is 27.8. The third-order valence-corrected chi connectivity index (χ3v) is 6.37. The maximum Gasteiger partial charge on any atom is 0.326 e. The molecule has 0 saturated heterocycles. The molecule has 0 aliphatic heterocycles. The molecule has 1 unspecified atom stereocenters. The van der Waals surface area contributed by atoms with Gasteiger partial charge in [-0.1, -0.05) is 66.8 Å². The molecular weight excluding hydrogens is 374 g/mol. The van der Waals surface area contributed by atoms with Crippen LogP contribution in [0.5, 0.6) is 0 Å². The summed E-state index contributed by atoms with van der Waals surface area (Å²) in [7, 11) is 0. The Morgan fingerprint density at radius 2 is 1.60 bits per heavy atom. The van der Waals surface area contributed by atoms with E-state index in [1.807, 2.05) is 69.3 Å². The number of aliphatic carboxylic acids is 1. The average Bonchev–Trinajstić information content (AvgIpc) is 2.73. The summed E-state index contributed by atoms with van der Waals surface area (Å²) in [6, 6.07) is 14.4. The van der Waals surface area contributed by atoms with Gasteiger partial charge in [0.15, 0.2) is 0 Å². The van der Waals surface area contributed by atoms with Gasteiger partial charge in [-0.25, -0.2) is 4.79 Å². The van der Waals surface area contributed by atoms with Crippen LogP contribution in [0.4, 0.5) is 0 Å². The molecule has 0 radical (unpaired) electrons. The molecule has 30 heavy (non-hydrogen) atoms. The van der Waals surface area contributed by atoms with E-state index >= 15 is 0 Å². The average molecular weight is 408 g/mol. The smallest absolute Gasteiger partial charge is 0.326 e. The Morgan fingerprint density at radius 3 is 2.17 bits per heavy atom. The molecule has 2 aromatic carbocycles. The number of carbonyl (C=O) groups excluding carboxylic acids is 1. The summed E-state index contributed by atoms with van der Waals surface area (Å²) >= 11 is 0. The molecule has 1 saturated carbocycles. The molecule has 2 atom stereocenters. The lowest BCUT2D eigenvalue weighted by Gasteiger charge is -2.40. The highest BCUT2D eigenvalue weighted by Crippen LogP contribution is 2.31. The van der Waals surface area contributed by atoms with Gasteiger partial charge in [0, 0.05) is 18.0 Å². The van der Waals surface area contributed by atoms with E-state index in [-0.39, 0.29) is 11.9 Å². The molecule has 1 fully saturated rings. The summed E-state index contributed by atoms with van der Waals surface area (Å²) in [5.41, 5.74) is 3.53. The van der Waals surface area contributed by atoms with Crippen molar-refractivity contribution in [1.82, 2.24) is 4.90 Å². The molecular formula is C26H33NO3. The van der Waals surface area contributed by atoms with E-state index in [1.54, 1.807) is 4.90 Å². The fraction of sp³-hybridized carbons (Fsp3) is 0.462. The predicted octanol–water partition coefficient (Wildman–Crippen LogP) is 5.41. The third-order valence-electron chi connectivity index (χ3n) is 6.37. The van der Waals surface area contributed by atoms with E-state index in [2.05, 4.69) is 0 Å². The van der Waals surface area contributed by atoms with Crippen LogP contribution in [0.2, 0.25) is 0 Å². The first kappa shape index (κ1) is 22.1. The van der Waals surface area contributed by atoms with Crippen LogP contribution in [0.1, 0.15) is 66.1 Å². The van der Waals surface area contributed by atoms with E-state index in [1.165, 1.54) is 6.42 Å². The topological polar surface area (TPSA) is 57.6 Å². The minimum Gasteiger partial charge on any atom is -0.480 e. The minimum atomic E-state index is -0.945. The monoisotopic (exact) mass is 407 g/mol. The second-order valence-corrected chi connectivity index (χ2v) is 8.77. The summed E-state index contributed by atoms with van der Waals surface area (Å²) in [5, 5.41) is 10.2. The molecule has 1 aliphatic rings. The first-order valence-corrected chi connectivity index (χ1v) is 11.0. The molecule has 3 rings (SSSR count). The number of hydrogen-bond acceptors (Lipinski definition) is 2. The lowest BCUT2D eigenvalue weighted by atomic mass is 9.83. The molecule has 4 nitrogen and oxygen atoms in total. The molecule has 160 valence electrons. The quantitative estimate of drug-likeness (QED) is 0.668. The van der Waals surface area contributed by atoms with Crippen molar-refractivity contribution in [2.45, 2.75) is 71.4 Å². The molecule has 0 bridgehead atoms. The first-order chi connectivity index (χ1) is 14.4. The number of amides is 1. The molecule has 0 aromatic heterocycles. The first-order valence-electron chi connectivity index (χ1n) is 11.0. The number of nitrogens with zero attached hydrogens (tertiary/aromatic N) is 1. The molecule has 1 amide bonds. The Morgan fingerprint density at radius 1 is 1.00 bits per heavy atom. The Labute approximate surface area is 179 Å². The van der Waals surface area contributed by atoms with Crippen LogP contribution in [0, 0.1) is 19.8 Å². The standard InChI is InChI=1S/C26H33NO3/c1-18-14-19(2)16-23(15-18)25(28)27(20(3)22-12-8-5-9-13-22)24(26(29)30)17-21-10-6-4-7-11-21/h4,6-7,10-11,14-16,20,22,24H,5,8-9,12-13,17H2,1-3H3,(H,29,30)/t20?,24-/m1/s1. The Hall–Kier alpha value is -2.62. The Bertz CT molecular complexity index is 851. The molecule has 4 heteroatoms. The minimum absolute atomic E-state index is 0.122. The number of carboxylic acid groups (broad SMARTS) is 1. The van der Waals surface area contributed by atoms with Crippen LogP contribution in [0.25, 0.3) is 0 Å². The van der Waals surface area contributed by atoms with E-state index in [0.717, 1.165) is 42.4 Å². The summed E-state index contributed by atoms with van der Waals surface area (Å²) in [5.74, 6) is -0.784. The van der Waals surface area contributed by atoms with Crippen LogP contribution in [-0.2, 0) is 11.2 Å². The second-order valence-electron chi connectivity index (χ2n) is 8.77. The van der Waals surface area contributed by atoms with Gasteiger partial charge in [0.2, 0.25) is 0 Å². The van der Waals surface area contributed by atoms with Gasteiger partial charge in [0.1, 0.15) is 6.04 Å². The van der Waals surface area contributed by atoms with E-state index in [9.17, 15) is 14.7 Å². The van der Waals surface area contributed by atoms with Crippen LogP contribution in [0.3, 0.4) is 0 Å². The normalized spacial score (nSPS) is 16.6. The molecule has 0 heterocycles. The highest BCUT2D eigenvalue weighted by molar-refractivity contribution is 5.97. The fourth-order valence-corrected chi connectivity index (χ4v) is 4.84. The molecule has 2 aromatic rings. The van der Waals surface area contributed by atoms with Gasteiger partial charge in [-0.3, -0.25) is 4.79 Å². The maximum atomic E-state index is 13.7. The summed E-state index contributed by atoms with van der Waals surface area (Å²) in [6.45, 7) is 5.98. The molecule has 0 spiro atoms. The van der Waals surface area contributed by atoms with Gasteiger partial charge < -0.3 is 10.0 Å². The predicted molar refractivity (Wildman–Crippen MR) is 120 cm³/mol. The van der Waals surface area contributed by atoms with Crippen LogP contribution >= 0.6 is 0 Å². The molecule has 1 N–H and O–H groups in total. The zero-order valence-electron chi connectivity index (χ0n) is 18.3. The van der Waals surface area contributed by atoms with Crippen molar-refractivity contribution in [2.75, 3.05) is 0 Å². The largest absolute Gasteiger partial charge is 0.480 e. The number of rotatable bonds is 7. The van der Waals surface area contributed by atoms with Crippen LogP contribution in [0.15, 0.2) is 48.5 Å². The van der Waals surface area contributed by atoms with Crippen molar-refractivity contribution < 1.29 is 14.7 Å². The van der Waals surface area contributed by atoms with Gasteiger partial charge in [-0.05, 0) is 57.2 Å². The van der Waals surface area contributed by atoms with Crippen LogP contribution in [-0.4, -0.2) is 34.0 Å². The van der Waals surface area contributed by atoms with Gasteiger partial charge in [-0.15, -0.1) is 0 Å². The van der Waals surface area contributed by atoms with Crippen molar-refractivity contribution in [3.63, 3.8) is 0 Å². The zero-order chi connectivity index (χ0) is 21.7. The third kappa shape index (κ3) is 5.29. The number of benzene rings is 2. The van der Waals surface area contributed by atoms with Gasteiger partial charge in [-0.2, -0.15) is 0 Å². The SMILES string of the molecule is Cc1cc(C)cc(C(=O)N(C(C)C2CCCCC2)[C@H](Cc2ccccc2)C(=O)O)c1. The van der Waals surface area contributed by atoms with Crippen LogP contribution < -0.4 is 0 Å². The van der Waals surface area contributed by atoms with Crippen molar-refractivity contribution in [3.05, 3.63) is 70.8 Å². The summed E-state index contributed by atoms with van der Waals surface area (Å²) in [6.07, 6.45) is 5.93. The number of hydrogen-bond donors (Lipinski definition) is 1. The number of carboxylic acids is 1.